The topological polar surface area (TPSA) is 78.5 Å². The lowest BCUT2D eigenvalue weighted by molar-refractivity contribution is -0.138. The maximum atomic E-state index is 13.9. The van der Waals surface area contributed by atoms with E-state index in [9.17, 15) is 26.4 Å². The monoisotopic (exact) mass is 545 g/mol. The SMILES string of the molecule is CCS(=O)(=O)c1ccc(Cl)cc1CNC(=O)c1ccc(CN2CCC[C@H](CNC)C2)c(C(F)(F)F)c1. The third-order valence-electron chi connectivity index (χ3n) is 6.34. The maximum Gasteiger partial charge on any atom is 0.416 e. The van der Waals surface area contributed by atoms with Crippen LogP contribution >= 0.6 is 11.6 Å². The summed E-state index contributed by atoms with van der Waals surface area (Å²) in [5.41, 5.74) is -0.607. The summed E-state index contributed by atoms with van der Waals surface area (Å²) in [5, 5.41) is 5.94. The maximum absolute atomic E-state index is 13.9. The highest BCUT2D eigenvalue weighted by atomic mass is 35.5. The molecule has 0 unspecified atom stereocenters. The van der Waals surface area contributed by atoms with Gasteiger partial charge in [-0.25, -0.2) is 8.42 Å². The summed E-state index contributed by atoms with van der Waals surface area (Å²) >= 11 is 6.00. The first-order valence-electron chi connectivity index (χ1n) is 11.8. The normalized spacial score (nSPS) is 17.2. The van der Waals surface area contributed by atoms with Crippen molar-refractivity contribution in [1.29, 1.82) is 0 Å². The Morgan fingerprint density at radius 3 is 2.58 bits per heavy atom. The summed E-state index contributed by atoms with van der Waals surface area (Å²) in [6.07, 6.45) is -2.66. The number of likely N-dealkylation sites (tertiary alicyclic amines) is 1. The first-order chi connectivity index (χ1) is 16.9. The summed E-state index contributed by atoms with van der Waals surface area (Å²) in [5.74, 6) is -0.492. The van der Waals surface area contributed by atoms with Crippen molar-refractivity contribution in [2.24, 2.45) is 5.92 Å². The lowest BCUT2D eigenvalue weighted by Gasteiger charge is -2.33. The number of carbonyl (C=O) groups excluding carboxylic acids is 1. The van der Waals surface area contributed by atoms with Gasteiger partial charge in [-0.05, 0) is 80.4 Å². The molecule has 1 aliphatic rings. The second-order valence-corrected chi connectivity index (χ2v) is 11.7. The van der Waals surface area contributed by atoms with Crippen LogP contribution in [-0.4, -0.2) is 51.7 Å². The third kappa shape index (κ3) is 7.21. The fraction of sp³-hybridized carbons (Fsp3) is 0.480. The minimum atomic E-state index is -4.62. The van der Waals surface area contributed by atoms with Crippen molar-refractivity contribution >= 4 is 27.3 Å². The molecule has 2 aromatic carbocycles. The molecule has 0 bridgehead atoms. The number of benzene rings is 2. The van der Waals surface area contributed by atoms with Gasteiger partial charge < -0.3 is 10.6 Å². The van der Waals surface area contributed by atoms with E-state index >= 15 is 0 Å². The molecule has 1 amide bonds. The number of amides is 1. The smallest absolute Gasteiger partial charge is 0.348 e. The summed E-state index contributed by atoms with van der Waals surface area (Å²) in [7, 11) is -1.72. The first kappa shape index (κ1) is 28.4. The van der Waals surface area contributed by atoms with Crippen LogP contribution in [0.4, 0.5) is 13.2 Å². The molecule has 36 heavy (non-hydrogen) atoms. The zero-order chi connectivity index (χ0) is 26.5. The minimum absolute atomic E-state index is 0.0270. The van der Waals surface area contributed by atoms with Crippen molar-refractivity contribution in [2.75, 3.05) is 32.4 Å². The Labute approximate surface area is 215 Å². The van der Waals surface area contributed by atoms with Crippen molar-refractivity contribution in [3.63, 3.8) is 0 Å². The van der Waals surface area contributed by atoms with Gasteiger partial charge in [0.1, 0.15) is 0 Å². The van der Waals surface area contributed by atoms with E-state index in [-0.39, 0.29) is 45.5 Å². The van der Waals surface area contributed by atoms with Crippen molar-refractivity contribution in [3.05, 3.63) is 63.7 Å². The zero-order valence-corrected chi connectivity index (χ0v) is 21.9. The number of rotatable bonds is 9. The number of piperidine rings is 1. The summed E-state index contributed by atoms with van der Waals surface area (Å²) in [6, 6.07) is 7.81. The van der Waals surface area contributed by atoms with Gasteiger partial charge in [-0.1, -0.05) is 24.6 Å². The molecule has 0 aliphatic carbocycles. The van der Waals surface area contributed by atoms with E-state index in [0.717, 1.165) is 32.0 Å². The Morgan fingerprint density at radius 1 is 1.17 bits per heavy atom. The van der Waals surface area contributed by atoms with Crippen molar-refractivity contribution < 1.29 is 26.4 Å². The van der Waals surface area contributed by atoms with Crippen LogP contribution in [0.15, 0.2) is 41.3 Å². The van der Waals surface area contributed by atoms with Gasteiger partial charge in [0, 0.05) is 30.2 Å². The van der Waals surface area contributed by atoms with Gasteiger partial charge in [0.25, 0.3) is 5.91 Å². The zero-order valence-electron chi connectivity index (χ0n) is 20.3. The molecule has 1 atom stereocenters. The summed E-state index contributed by atoms with van der Waals surface area (Å²) < 4.78 is 66.5. The predicted molar refractivity (Wildman–Crippen MR) is 134 cm³/mol. The van der Waals surface area contributed by atoms with Gasteiger partial charge in [0.05, 0.1) is 16.2 Å². The predicted octanol–water partition coefficient (Wildman–Crippen LogP) is 4.51. The van der Waals surface area contributed by atoms with E-state index in [4.69, 9.17) is 11.6 Å². The van der Waals surface area contributed by atoms with Gasteiger partial charge in [-0.15, -0.1) is 0 Å². The molecule has 198 valence electrons. The van der Waals surface area contributed by atoms with Crippen molar-refractivity contribution in [3.8, 4) is 0 Å². The van der Waals surface area contributed by atoms with Crippen LogP contribution < -0.4 is 10.6 Å². The van der Waals surface area contributed by atoms with Gasteiger partial charge in [-0.2, -0.15) is 13.2 Å². The van der Waals surface area contributed by atoms with E-state index < -0.39 is 27.5 Å². The van der Waals surface area contributed by atoms with Crippen LogP contribution in [0.1, 0.15) is 46.8 Å². The fourth-order valence-corrected chi connectivity index (χ4v) is 5.84. The van der Waals surface area contributed by atoms with Crippen molar-refractivity contribution in [2.45, 2.75) is 43.9 Å². The molecule has 0 spiro atoms. The molecule has 2 aromatic rings. The lowest BCUT2D eigenvalue weighted by atomic mass is 9.96. The Bertz CT molecular complexity index is 1190. The second kappa shape index (κ2) is 11.9. The third-order valence-corrected chi connectivity index (χ3v) is 8.41. The highest BCUT2D eigenvalue weighted by Crippen LogP contribution is 2.34. The van der Waals surface area contributed by atoms with E-state index in [1.54, 1.807) is 0 Å². The molecule has 3 rings (SSSR count). The summed E-state index contributed by atoms with van der Waals surface area (Å²) in [6.45, 7) is 3.70. The number of halogens is 4. The largest absolute Gasteiger partial charge is 0.416 e. The van der Waals surface area contributed by atoms with Crippen LogP contribution in [0.5, 0.6) is 0 Å². The van der Waals surface area contributed by atoms with Gasteiger partial charge in [0.15, 0.2) is 9.84 Å². The quantitative estimate of drug-likeness (QED) is 0.485. The van der Waals surface area contributed by atoms with E-state index in [2.05, 4.69) is 10.6 Å². The molecule has 0 radical (unpaired) electrons. The highest BCUT2D eigenvalue weighted by molar-refractivity contribution is 7.91. The molecular weight excluding hydrogens is 515 g/mol. The highest BCUT2D eigenvalue weighted by Gasteiger charge is 2.35. The van der Waals surface area contributed by atoms with Crippen molar-refractivity contribution in [1.82, 2.24) is 15.5 Å². The number of sulfone groups is 1. The standard InChI is InChI=1S/C25H31ClF3N3O3S/c1-3-36(34,35)23-9-8-21(26)11-20(23)14-31-24(33)18-6-7-19(22(12-18)25(27,28)29)16-32-10-4-5-17(15-32)13-30-2/h6-9,11-12,17,30H,3-5,10,13-16H2,1-2H3,(H,31,33)/t17-/m1/s1. The fourth-order valence-electron chi connectivity index (χ4n) is 4.53. The number of hydrogen-bond donors (Lipinski definition) is 2. The van der Waals surface area contributed by atoms with Crippen LogP contribution in [0, 0.1) is 5.92 Å². The Kier molecular flexibility index (Phi) is 9.43. The molecule has 2 N–H and O–H groups in total. The average molecular weight is 546 g/mol. The van der Waals surface area contributed by atoms with Gasteiger partial charge in [-0.3, -0.25) is 9.69 Å². The lowest BCUT2D eigenvalue weighted by Crippen LogP contribution is -2.38. The number of nitrogens with zero attached hydrogens (tertiary/aromatic N) is 1. The first-order valence-corrected chi connectivity index (χ1v) is 13.8. The average Bonchev–Trinajstić information content (AvgIpc) is 2.82. The number of hydrogen-bond acceptors (Lipinski definition) is 5. The van der Waals surface area contributed by atoms with Gasteiger partial charge >= 0.3 is 6.18 Å². The molecular formula is C25H31ClF3N3O3S. The van der Waals surface area contributed by atoms with E-state index in [1.807, 2.05) is 11.9 Å². The minimum Gasteiger partial charge on any atom is -0.348 e. The van der Waals surface area contributed by atoms with Crippen LogP contribution in [0.25, 0.3) is 0 Å². The Balaban J connectivity index is 1.79. The molecule has 0 saturated carbocycles. The Hall–Kier alpha value is -2.14. The second-order valence-electron chi connectivity index (χ2n) is 9.01. The van der Waals surface area contributed by atoms with Gasteiger partial charge in [0.2, 0.25) is 0 Å². The van der Waals surface area contributed by atoms with Crippen LogP contribution in [0.2, 0.25) is 5.02 Å². The number of alkyl halides is 3. The molecule has 0 aromatic heterocycles. The molecule has 1 fully saturated rings. The Morgan fingerprint density at radius 2 is 1.92 bits per heavy atom. The summed E-state index contributed by atoms with van der Waals surface area (Å²) in [4.78, 5) is 14.8. The number of carbonyl (C=O) groups is 1. The number of nitrogens with one attached hydrogen (secondary N) is 2. The van der Waals surface area contributed by atoms with Crippen LogP contribution in [0.3, 0.4) is 0 Å². The molecule has 1 heterocycles. The molecule has 6 nitrogen and oxygen atoms in total. The molecule has 11 heteroatoms. The van der Waals surface area contributed by atoms with E-state index in [0.29, 0.717) is 12.5 Å². The molecule has 1 saturated heterocycles. The molecule has 1 aliphatic heterocycles. The van der Waals surface area contributed by atoms with Crippen LogP contribution in [-0.2, 0) is 29.1 Å². The van der Waals surface area contributed by atoms with E-state index in [1.165, 1.54) is 37.3 Å².